The van der Waals surface area contributed by atoms with E-state index < -0.39 is 0 Å². The molecule has 3 heteroatoms. The fourth-order valence-electron chi connectivity index (χ4n) is 2.99. The van der Waals surface area contributed by atoms with Gasteiger partial charge >= 0.3 is 0 Å². The van der Waals surface area contributed by atoms with E-state index in [2.05, 4.69) is 36.0 Å². The van der Waals surface area contributed by atoms with Gasteiger partial charge in [0.05, 0.1) is 0 Å². The number of hydrogen-bond donors (Lipinski definition) is 1. The highest BCUT2D eigenvalue weighted by atomic mass is 15.2. The van der Waals surface area contributed by atoms with Crippen LogP contribution in [0.5, 0.6) is 0 Å². The molecule has 3 atom stereocenters. The van der Waals surface area contributed by atoms with E-state index in [4.69, 9.17) is 0 Å². The monoisotopic (exact) mass is 225 g/mol. The number of rotatable bonds is 4. The summed E-state index contributed by atoms with van der Waals surface area (Å²) in [6.45, 7) is 9.68. The van der Waals surface area contributed by atoms with Gasteiger partial charge in [-0.3, -0.25) is 4.90 Å². The van der Waals surface area contributed by atoms with Crippen molar-refractivity contribution < 1.29 is 0 Å². The third-order valence-corrected chi connectivity index (χ3v) is 4.35. The molecule has 2 aliphatic rings. The Bertz CT molecular complexity index is 201. The maximum atomic E-state index is 3.74. The van der Waals surface area contributed by atoms with E-state index in [-0.39, 0.29) is 0 Å². The molecule has 2 heterocycles. The van der Waals surface area contributed by atoms with Crippen molar-refractivity contribution in [1.29, 1.82) is 0 Å². The lowest BCUT2D eigenvalue weighted by atomic mass is 10.2. The number of nitrogens with zero attached hydrogens (tertiary/aromatic N) is 2. The maximum Gasteiger partial charge on any atom is 0.0210 e. The maximum absolute atomic E-state index is 3.74. The predicted octanol–water partition coefficient (Wildman–Crippen LogP) is 1.15. The molecule has 0 amide bonds. The van der Waals surface area contributed by atoms with E-state index >= 15 is 0 Å². The summed E-state index contributed by atoms with van der Waals surface area (Å²) < 4.78 is 0. The van der Waals surface area contributed by atoms with Gasteiger partial charge in [-0.2, -0.15) is 0 Å². The van der Waals surface area contributed by atoms with Gasteiger partial charge in [0.25, 0.3) is 0 Å². The lowest BCUT2D eigenvalue weighted by Crippen LogP contribution is -2.43. The molecule has 2 saturated heterocycles. The first-order valence-corrected chi connectivity index (χ1v) is 6.84. The zero-order valence-corrected chi connectivity index (χ0v) is 11.1. The fourth-order valence-corrected chi connectivity index (χ4v) is 2.99. The van der Waals surface area contributed by atoms with Crippen LogP contribution in [0.4, 0.5) is 0 Å². The average Bonchev–Trinajstić information content (AvgIpc) is 2.86. The van der Waals surface area contributed by atoms with E-state index in [1.165, 1.54) is 38.9 Å². The summed E-state index contributed by atoms with van der Waals surface area (Å²) in [5.41, 5.74) is 0. The Hall–Kier alpha value is -0.120. The van der Waals surface area contributed by atoms with Gasteiger partial charge in [-0.1, -0.05) is 0 Å². The van der Waals surface area contributed by atoms with Crippen LogP contribution in [-0.2, 0) is 0 Å². The Morgan fingerprint density at radius 3 is 2.56 bits per heavy atom. The van der Waals surface area contributed by atoms with E-state index in [9.17, 15) is 0 Å². The van der Waals surface area contributed by atoms with Crippen LogP contribution in [0, 0.1) is 0 Å². The van der Waals surface area contributed by atoms with Crippen LogP contribution in [0.3, 0.4) is 0 Å². The second kappa shape index (κ2) is 5.48. The molecule has 2 rings (SSSR count). The highest BCUT2D eigenvalue weighted by Crippen LogP contribution is 2.15. The second-order valence-corrected chi connectivity index (χ2v) is 5.72. The van der Waals surface area contributed by atoms with Crippen LogP contribution in [0.15, 0.2) is 0 Å². The number of likely N-dealkylation sites (tertiary alicyclic amines) is 2. The summed E-state index contributed by atoms with van der Waals surface area (Å²) in [5, 5.41) is 3.74. The molecule has 0 aromatic carbocycles. The molecule has 94 valence electrons. The second-order valence-electron chi connectivity index (χ2n) is 5.72. The van der Waals surface area contributed by atoms with Crippen molar-refractivity contribution in [3.63, 3.8) is 0 Å². The summed E-state index contributed by atoms with van der Waals surface area (Å²) >= 11 is 0. The Labute approximate surface area is 100 Å². The topological polar surface area (TPSA) is 18.5 Å². The first-order chi connectivity index (χ1) is 7.66. The van der Waals surface area contributed by atoms with Gasteiger partial charge < -0.3 is 10.2 Å². The van der Waals surface area contributed by atoms with Crippen molar-refractivity contribution in [3.05, 3.63) is 0 Å². The summed E-state index contributed by atoms with van der Waals surface area (Å²) in [5.74, 6) is 0. The standard InChI is InChI=1S/C13H27N3/c1-11-8-13(10-15(11)3)14-9-12(2)16-6-4-5-7-16/h11-14H,4-10H2,1-3H3. The minimum absolute atomic E-state index is 0.712. The number of likely N-dealkylation sites (N-methyl/N-ethyl adjacent to an activating group) is 1. The molecule has 0 bridgehead atoms. The lowest BCUT2D eigenvalue weighted by Gasteiger charge is -2.25. The summed E-state index contributed by atoms with van der Waals surface area (Å²) in [4.78, 5) is 5.08. The van der Waals surface area contributed by atoms with Gasteiger partial charge in [-0.25, -0.2) is 0 Å². The lowest BCUT2D eigenvalue weighted by molar-refractivity contribution is 0.245. The van der Waals surface area contributed by atoms with Crippen molar-refractivity contribution >= 4 is 0 Å². The molecule has 0 aromatic rings. The molecule has 16 heavy (non-hydrogen) atoms. The number of hydrogen-bond acceptors (Lipinski definition) is 3. The first kappa shape index (κ1) is 12.3. The van der Waals surface area contributed by atoms with Crippen molar-refractivity contribution in [2.24, 2.45) is 0 Å². The van der Waals surface area contributed by atoms with Crippen LogP contribution in [0.1, 0.15) is 33.1 Å². The average molecular weight is 225 g/mol. The molecule has 2 fully saturated rings. The number of nitrogens with one attached hydrogen (secondary N) is 1. The largest absolute Gasteiger partial charge is 0.311 e. The molecule has 0 aliphatic carbocycles. The molecule has 0 spiro atoms. The summed E-state index contributed by atoms with van der Waals surface area (Å²) in [6.07, 6.45) is 4.10. The zero-order valence-electron chi connectivity index (χ0n) is 11.1. The predicted molar refractivity (Wildman–Crippen MR) is 68.8 cm³/mol. The van der Waals surface area contributed by atoms with E-state index in [1.807, 2.05) is 0 Å². The molecule has 1 N–H and O–H groups in total. The fraction of sp³-hybridized carbons (Fsp3) is 1.00. The smallest absolute Gasteiger partial charge is 0.0210 e. The highest BCUT2D eigenvalue weighted by Gasteiger charge is 2.26. The quantitative estimate of drug-likeness (QED) is 0.774. The molecule has 0 aromatic heterocycles. The molecule has 0 radical (unpaired) electrons. The van der Waals surface area contributed by atoms with Gasteiger partial charge in [0.2, 0.25) is 0 Å². The van der Waals surface area contributed by atoms with Crippen LogP contribution in [0.2, 0.25) is 0 Å². The van der Waals surface area contributed by atoms with E-state index in [0.717, 1.165) is 12.6 Å². The Morgan fingerprint density at radius 2 is 2.00 bits per heavy atom. The molecular weight excluding hydrogens is 198 g/mol. The minimum Gasteiger partial charge on any atom is -0.311 e. The van der Waals surface area contributed by atoms with E-state index in [0.29, 0.717) is 12.1 Å². The van der Waals surface area contributed by atoms with Gasteiger partial charge in [0.15, 0.2) is 0 Å². The SMILES string of the molecule is CC1CC(NCC(C)N2CCCC2)CN1C. The van der Waals surface area contributed by atoms with E-state index in [1.54, 1.807) is 0 Å². The van der Waals surface area contributed by atoms with Crippen molar-refractivity contribution in [3.8, 4) is 0 Å². The van der Waals surface area contributed by atoms with Gasteiger partial charge in [-0.05, 0) is 53.2 Å². The molecule has 3 nitrogen and oxygen atoms in total. The zero-order chi connectivity index (χ0) is 11.5. The van der Waals surface area contributed by atoms with Gasteiger partial charge in [0, 0.05) is 31.2 Å². The van der Waals surface area contributed by atoms with Crippen molar-refractivity contribution in [2.45, 2.75) is 51.2 Å². The van der Waals surface area contributed by atoms with Crippen LogP contribution < -0.4 is 5.32 Å². The Morgan fingerprint density at radius 1 is 1.31 bits per heavy atom. The first-order valence-electron chi connectivity index (χ1n) is 6.84. The summed E-state index contributed by atoms with van der Waals surface area (Å²) in [6, 6.07) is 2.17. The normalized spacial score (nSPS) is 34.7. The minimum atomic E-state index is 0.712. The van der Waals surface area contributed by atoms with Gasteiger partial charge in [-0.15, -0.1) is 0 Å². The van der Waals surface area contributed by atoms with Crippen LogP contribution in [0.25, 0.3) is 0 Å². The molecule has 2 aliphatic heterocycles. The van der Waals surface area contributed by atoms with Crippen LogP contribution >= 0.6 is 0 Å². The third kappa shape index (κ3) is 2.96. The van der Waals surface area contributed by atoms with Crippen molar-refractivity contribution in [1.82, 2.24) is 15.1 Å². The molecule has 0 saturated carbocycles. The molecular formula is C13H27N3. The molecule has 3 unspecified atom stereocenters. The third-order valence-electron chi connectivity index (χ3n) is 4.35. The van der Waals surface area contributed by atoms with Crippen molar-refractivity contribution in [2.75, 3.05) is 33.2 Å². The Kier molecular flexibility index (Phi) is 4.22. The Balaban J connectivity index is 1.67. The van der Waals surface area contributed by atoms with Crippen LogP contribution in [-0.4, -0.2) is 61.2 Å². The summed E-state index contributed by atoms with van der Waals surface area (Å²) in [7, 11) is 2.23. The highest BCUT2D eigenvalue weighted by molar-refractivity contribution is 4.86. The van der Waals surface area contributed by atoms with Gasteiger partial charge in [0.1, 0.15) is 0 Å².